The predicted octanol–water partition coefficient (Wildman–Crippen LogP) is 3.81. The maximum Gasteiger partial charge on any atom is 0.355 e. The van der Waals surface area contributed by atoms with Crippen LogP contribution in [0.1, 0.15) is 50.3 Å². The van der Waals surface area contributed by atoms with Crippen LogP contribution in [0, 0.1) is 12.8 Å². The van der Waals surface area contributed by atoms with E-state index in [1.807, 2.05) is 55.5 Å². The van der Waals surface area contributed by atoms with E-state index in [1.54, 1.807) is 13.8 Å². The summed E-state index contributed by atoms with van der Waals surface area (Å²) in [5.41, 5.74) is 1.32. The molecule has 1 aliphatic rings. The highest BCUT2D eigenvalue weighted by atomic mass is 16.5. The summed E-state index contributed by atoms with van der Waals surface area (Å²) in [5, 5.41) is 3.11. The first-order valence-electron chi connectivity index (χ1n) is 12.2. The van der Waals surface area contributed by atoms with Crippen molar-refractivity contribution in [2.24, 2.45) is 5.92 Å². The van der Waals surface area contributed by atoms with Crippen LogP contribution < -0.4 is 21.4 Å². The van der Waals surface area contributed by atoms with Gasteiger partial charge in [0, 0.05) is 5.69 Å². The first-order valence-corrected chi connectivity index (χ1v) is 12.2. The van der Waals surface area contributed by atoms with E-state index < -0.39 is 29.3 Å². The second-order valence-electron chi connectivity index (χ2n) is 9.31. The SMILES string of the molecule is COC(=O)[C@H](C)[C@H](C)n1c(=O)nc(Nc2ccc(OC3CCC3)cc2)n(Cc2ccc(C)cc2)c1=O. The maximum absolute atomic E-state index is 13.6. The smallest absolute Gasteiger partial charge is 0.355 e. The van der Waals surface area contributed by atoms with Crippen molar-refractivity contribution in [2.75, 3.05) is 12.4 Å². The van der Waals surface area contributed by atoms with Gasteiger partial charge in [0.2, 0.25) is 5.95 Å². The van der Waals surface area contributed by atoms with E-state index in [9.17, 15) is 14.4 Å². The van der Waals surface area contributed by atoms with Crippen LogP contribution in [0.2, 0.25) is 0 Å². The lowest BCUT2D eigenvalue weighted by Gasteiger charge is -2.26. The highest BCUT2D eigenvalue weighted by Gasteiger charge is 2.27. The standard InChI is InChI=1S/C27H32N4O5/c1-17-8-10-20(11-9-17)16-30-25(28-21-12-14-23(15-13-21)36-22-6-5-7-22)29-26(33)31(27(30)34)19(3)18(2)24(32)35-4/h8-15,18-19,22H,5-7,16H2,1-4H3,(H,28,29,33)/t18-,19+/m1/s1. The molecule has 2 atom stereocenters. The molecule has 9 nitrogen and oxygen atoms in total. The van der Waals surface area contributed by atoms with Crippen molar-refractivity contribution in [2.45, 2.75) is 58.7 Å². The Bertz CT molecular complexity index is 1320. The number of benzene rings is 2. The van der Waals surface area contributed by atoms with Crippen molar-refractivity contribution in [3.63, 3.8) is 0 Å². The average Bonchev–Trinajstić information content (AvgIpc) is 2.84. The van der Waals surface area contributed by atoms with Crippen LogP contribution in [0.25, 0.3) is 0 Å². The molecule has 0 aliphatic heterocycles. The molecule has 1 heterocycles. The van der Waals surface area contributed by atoms with Crippen molar-refractivity contribution in [3.05, 3.63) is 80.6 Å². The van der Waals surface area contributed by atoms with Crippen LogP contribution in [0.4, 0.5) is 11.6 Å². The lowest BCUT2D eigenvalue weighted by molar-refractivity contribution is -0.146. The summed E-state index contributed by atoms with van der Waals surface area (Å²) in [6.07, 6.45) is 3.60. The molecule has 0 radical (unpaired) electrons. The number of anilines is 2. The summed E-state index contributed by atoms with van der Waals surface area (Å²) < 4.78 is 13.1. The molecule has 4 rings (SSSR count). The Hall–Kier alpha value is -3.88. The van der Waals surface area contributed by atoms with Gasteiger partial charge in [0.05, 0.1) is 31.7 Å². The summed E-state index contributed by atoms with van der Waals surface area (Å²) >= 11 is 0. The van der Waals surface area contributed by atoms with Crippen LogP contribution in [0.5, 0.6) is 5.75 Å². The number of aryl methyl sites for hydroxylation is 1. The van der Waals surface area contributed by atoms with Crippen LogP contribution >= 0.6 is 0 Å². The number of nitrogens with one attached hydrogen (secondary N) is 1. The number of esters is 1. The minimum Gasteiger partial charge on any atom is -0.490 e. The minimum atomic E-state index is -0.744. The molecule has 36 heavy (non-hydrogen) atoms. The lowest BCUT2D eigenvalue weighted by Crippen LogP contribution is -2.46. The molecule has 0 saturated heterocycles. The molecule has 1 aliphatic carbocycles. The van der Waals surface area contributed by atoms with E-state index >= 15 is 0 Å². The summed E-state index contributed by atoms with van der Waals surface area (Å²) in [7, 11) is 1.28. The summed E-state index contributed by atoms with van der Waals surface area (Å²) in [6.45, 7) is 5.43. The van der Waals surface area contributed by atoms with Gasteiger partial charge in [-0.25, -0.2) is 14.2 Å². The first-order chi connectivity index (χ1) is 17.3. The monoisotopic (exact) mass is 492 g/mol. The van der Waals surface area contributed by atoms with Crippen molar-refractivity contribution in [1.29, 1.82) is 0 Å². The summed E-state index contributed by atoms with van der Waals surface area (Å²) in [6, 6.07) is 14.4. The third-order valence-corrected chi connectivity index (χ3v) is 6.73. The molecule has 1 aromatic heterocycles. The highest BCUT2D eigenvalue weighted by Crippen LogP contribution is 2.26. The van der Waals surface area contributed by atoms with Gasteiger partial charge in [-0.2, -0.15) is 4.98 Å². The zero-order valence-electron chi connectivity index (χ0n) is 21.1. The number of nitrogens with zero attached hydrogens (tertiary/aromatic N) is 3. The van der Waals surface area contributed by atoms with Gasteiger partial charge in [-0.05, 0) is 69.9 Å². The van der Waals surface area contributed by atoms with Gasteiger partial charge < -0.3 is 14.8 Å². The van der Waals surface area contributed by atoms with E-state index in [1.165, 1.54) is 18.1 Å². The first kappa shape index (κ1) is 25.2. The zero-order chi connectivity index (χ0) is 25.8. The molecular weight excluding hydrogens is 460 g/mol. The minimum absolute atomic E-state index is 0.118. The molecule has 2 aromatic carbocycles. The van der Waals surface area contributed by atoms with E-state index in [4.69, 9.17) is 9.47 Å². The Labute approximate surface area is 209 Å². The van der Waals surface area contributed by atoms with Gasteiger partial charge in [-0.1, -0.05) is 29.8 Å². The predicted molar refractivity (Wildman–Crippen MR) is 137 cm³/mol. The Morgan fingerprint density at radius 1 is 1.08 bits per heavy atom. The van der Waals surface area contributed by atoms with Gasteiger partial charge >= 0.3 is 17.3 Å². The number of aromatic nitrogens is 3. The fourth-order valence-electron chi connectivity index (χ4n) is 4.00. The Kier molecular flexibility index (Phi) is 7.57. The number of carbonyl (C=O) groups is 1. The molecule has 0 spiro atoms. The Morgan fingerprint density at radius 2 is 1.75 bits per heavy atom. The summed E-state index contributed by atoms with van der Waals surface area (Å²) in [5.74, 6) is -0.328. The third kappa shape index (κ3) is 5.50. The van der Waals surface area contributed by atoms with E-state index in [0.29, 0.717) is 5.69 Å². The Morgan fingerprint density at radius 3 is 2.33 bits per heavy atom. The number of rotatable bonds is 9. The molecule has 0 amide bonds. The number of hydrogen-bond donors (Lipinski definition) is 1. The molecule has 3 aromatic rings. The number of carbonyl (C=O) groups excluding carboxylic acids is 1. The molecule has 1 N–H and O–H groups in total. The fraction of sp³-hybridized carbons (Fsp3) is 0.407. The maximum atomic E-state index is 13.6. The zero-order valence-corrected chi connectivity index (χ0v) is 21.1. The second kappa shape index (κ2) is 10.8. The topological polar surface area (TPSA) is 104 Å². The Balaban J connectivity index is 1.70. The van der Waals surface area contributed by atoms with Crippen LogP contribution in [-0.4, -0.2) is 33.3 Å². The number of hydrogen-bond acceptors (Lipinski definition) is 7. The van der Waals surface area contributed by atoms with Gasteiger partial charge in [-0.3, -0.25) is 9.36 Å². The highest BCUT2D eigenvalue weighted by molar-refractivity contribution is 5.72. The summed E-state index contributed by atoms with van der Waals surface area (Å²) in [4.78, 5) is 42.9. The molecule has 9 heteroatoms. The van der Waals surface area contributed by atoms with E-state index in [2.05, 4.69) is 10.3 Å². The number of ether oxygens (including phenoxy) is 2. The third-order valence-electron chi connectivity index (χ3n) is 6.73. The van der Waals surface area contributed by atoms with Gasteiger partial charge in [-0.15, -0.1) is 0 Å². The molecule has 0 bridgehead atoms. The quantitative estimate of drug-likeness (QED) is 0.453. The fourth-order valence-corrected chi connectivity index (χ4v) is 4.00. The second-order valence-corrected chi connectivity index (χ2v) is 9.31. The molecular formula is C27H32N4O5. The molecule has 190 valence electrons. The van der Waals surface area contributed by atoms with Gasteiger partial charge in [0.15, 0.2) is 0 Å². The molecule has 1 saturated carbocycles. The van der Waals surface area contributed by atoms with Crippen LogP contribution in [0.3, 0.4) is 0 Å². The lowest BCUT2D eigenvalue weighted by atomic mass is 9.96. The van der Waals surface area contributed by atoms with Gasteiger partial charge in [0.25, 0.3) is 0 Å². The van der Waals surface area contributed by atoms with Crippen molar-refractivity contribution in [3.8, 4) is 5.75 Å². The van der Waals surface area contributed by atoms with E-state index in [0.717, 1.165) is 34.3 Å². The van der Waals surface area contributed by atoms with Crippen LogP contribution in [-0.2, 0) is 16.1 Å². The average molecular weight is 493 g/mol. The number of methoxy groups -OCH3 is 1. The largest absolute Gasteiger partial charge is 0.490 e. The van der Waals surface area contributed by atoms with Crippen molar-refractivity contribution in [1.82, 2.24) is 14.1 Å². The normalized spacial score (nSPS) is 15.0. The van der Waals surface area contributed by atoms with E-state index in [-0.39, 0.29) is 18.6 Å². The van der Waals surface area contributed by atoms with Gasteiger partial charge in [0.1, 0.15) is 5.75 Å². The molecule has 0 unspecified atom stereocenters. The van der Waals surface area contributed by atoms with Crippen LogP contribution in [0.15, 0.2) is 58.1 Å². The van der Waals surface area contributed by atoms with Crippen molar-refractivity contribution < 1.29 is 14.3 Å². The molecule has 1 fully saturated rings. The van der Waals surface area contributed by atoms with Crippen molar-refractivity contribution >= 4 is 17.6 Å².